The fraction of sp³-hybridized carbons (Fsp3) is 0.476. The number of nitrogens with zero attached hydrogens (tertiary/aromatic N) is 3. The van der Waals surface area contributed by atoms with Gasteiger partial charge in [0.05, 0.1) is 28.1 Å². The Kier molecular flexibility index (Phi) is 5.31. The van der Waals surface area contributed by atoms with Crippen molar-refractivity contribution in [3.05, 3.63) is 34.7 Å². The highest BCUT2D eigenvalue weighted by Gasteiger charge is 2.45. The highest BCUT2D eigenvalue weighted by atomic mass is 32.1. The number of primary amides is 2. The summed E-state index contributed by atoms with van der Waals surface area (Å²) in [4.78, 5) is 47.8. The zero-order valence-electron chi connectivity index (χ0n) is 16.9. The molecule has 30 heavy (non-hydrogen) atoms. The predicted molar refractivity (Wildman–Crippen MR) is 112 cm³/mol. The lowest BCUT2D eigenvalue weighted by Crippen LogP contribution is -2.47. The van der Waals surface area contributed by atoms with Gasteiger partial charge in [0.1, 0.15) is 11.0 Å². The molecular weight excluding hydrogens is 402 g/mol. The van der Waals surface area contributed by atoms with Gasteiger partial charge in [0, 0.05) is 12.7 Å². The van der Waals surface area contributed by atoms with Crippen LogP contribution in [0.2, 0.25) is 0 Å². The fourth-order valence-electron chi connectivity index (χ4n) is 4.38. The minimum absolute atomic E-state index is 0.130. The van der Waals surface area contributed by atoms with Crippen molar-refractivity contribution in [2.45, 2.75) is 56.9 Å². The lowest BCUT2D eigenvalue weighted by molar-refractivity contribution is -0.136. The quantitative estimate of drug-likeness (QED) is 0.720. The van der Waals surface area contributed by atoms with Crippen LogP contribution in [0.5, 0.6) is 0 Å². The molecule has 0 bridgehead atoms. The summed E-state index contributed by atoms with van der Waals surface area (Å²) in [5, 5.41) is 0.689. The fourth-order valence-corrected chi connectivity index (χ4v) is 5.43. The van der Waals surface area contributed by atoms with Crippen LogP contribution in [0.25, 0.3) is 10.4 Å². The monoisotopic (exact) mass is 427 g/mol. The first-order valence-electron chi connectivity index (χ1n) is 10.1. The molecule has 1 atom stereocenters. The Hall–Kier alpha value is -2.81. The summed E-state index contributed by atoms with van der Waals surface area (Å²) < 4.78 is 0. The molecule has 9 heteroatoms. The summed E-state index contributed by atoms with van der Waals surface area (Å²) in [7, 11) is 0. The maximum atomic E-state index is 12.7. The number of hydrogen-bond acceptors (Lipinski definition) is 6. The van der Waals surface area contributed by atoms with Gasteiger partial charge in [-0.15, -0.1) is 11.3 Å². The van der Waals surface area contributed by atoms with E-state index >= 15 is 0 Å². The van der Waals surface area contributed by atoms with Crippen LogP contribution >= 0.6 is 11.3 Å². The van der Waals surface area contributed by atoms with Crippen molar-refractivity contribution in [3.8, 4) is 10.4 Å². The van der Waals surface area contributed by atoms with E-state index in [-0.39, 0.29) is 18.2 Å². The highest BCUT2D eigenvalue weighted by molar-refractivity contribution is 7.15. The average molecular weight is 428 g/mol. The molecule has 0 aromatic carbocycles. The molecule has 4 rings (SSSR count). The van der Waals surface area contributed by atoms with E-state index in [2.05, 4.69) is 9.97 Å². The lowest BCUT2D eigenvalue weighted by atomic mass is 9.65. The number of carbonyl (C=O) groups excluding carboxylic acids is 3. The SMILES string of the molecule is Cc1nc(CC(=O)N2CCC[C@H]2C(N)=O)sc1-c1ccnc(C2(C(N)=O)CCC2)c1. The molecule has 1 saturated heterocycles. The zero-order chi connectivity index (χ0) is 21.5. The predicted octanol–water partition coefficient (Wildman–Crippen LogP) is 1.44. The number of amides is 3. The minimum Gasteiger partial charge on any atom is -0.369 e. The standard InChI is InChI=1S/C21H25N5O3S/c1-12-18(13-5-8-24-15(10-13)21(20(23)29)6-3-7-21)30-16(25-12)11-17(27)26-9-2-4-14(26)19(22)28/h5,8,10,14H,2-4,6-7,9,11H2,1H3,(H2,22,28)(H2,23,29)/t14-/m0/s1. The molecule has 8 nitrogen and oxygen atoms in total. The van der Waals surface area contributed by atoms with Crippen LogP contribution in [0.1, 0.15) is 48.5 Å². The summed E-state index contributed by atoms with van der Waals surface area (Å²) in [5.41, 5.74) is 12.9. The Labute approximate surface area is 178 Å². The van der Waals surface area contributed by atoms with Crippen LogP contribution < -0.4 is 11.5 Å². The highest BCUT2D eigenvalue weighted by Crippen LogP contribution is 2.44. The molecule has 3 amide bonds. The second-order valence-electron chi connectivity index (χ2n) is 8.08. The number of hydrogen-bond donors (Lipinski definition) is 2. The van der Waals surface area contributed by atoms with Crippen LogP contribution in [-0.2, 0) is 26.2 Å². The van der Waals surface area contributed by atoms with Crippen molar-refractivity contribution < 1.29 is 14.4 Å². The van der Waals surface area contributed by atoms with E-state index in [1.54, 1.807) is 11.1 Å². The zero-order valence-corrected chi connectivity index (χ0v) is 17.7. The maximum Gasteiger partial charge on any atom is 0.240 e. The Morgan fingerprint density at radius 3 is 2.67 bits per heavy atom. The van der Waals surface area contributed by atoms with Gasteiger partial charge in [0.15, 0.2) is 0 Å². The number of rotatable bonds is 6. The van der Waals surface area contributed by atoms with Crippen LogP contribution in [0.4, 0.5) is 0 Å². The molecule has 4 N–H and O–H groups in total. The van der Waals surface area contributed by atoms with Crippen LogP contribution in [0.15, 0.2) is 18.3 Å². The first-order chi connectivity index (χ1) is 14.3. The number of carbonyl (C=O) groups is 3. The molecule has 2 fully saturated rings. The van der Waals surface area contributed by atoms with Crippen molar-refractivity contribution in [3.63, 3.8) is 0 Å². The molecule has 158 valence electrons. The van der Waals surface area contributed by atoms with Gasteiger partial charge in [-0.1, -0.05) is 6.42 Å². The normalized spacial score (nSPS) is 20.0. The van der Waals surface area contributed by atoms with E-state index < -0.39 is 17.4 Å². The molecule has 0 radical (unpaired) electrons. The third-order valence-corrected chi connectivity index (χ3v) is 7.44. The Bertz CT molecular complexity index is 1010. The van der Waals surface area contributed by atoms with Crippen LogP contribution in [-0.4, -0.2) is 45.2 Å². The van der Waals surface area contributed by atoms with Gasteiger partial charge in [-0.2, -0.15) is 0 Å². The third-order valence-electron chi connectivity index (χ3n) is 6.24. The Balaban J connectivity index is 1.56. The minimum atomic E-state index is -0.674. The summed E-state index contributed by atoms with van der Waals surface area (Å²) in [5.74, 6) is -0.921. The molecular formula is C21H25N5O3S. The van der Waals surface area contributed by atoms with E-state index in [0.29, 0.717) is 23.7 Å². The first-order valence-corrected chi connectivity index (χ1v) is 11.0. The lowest BCUT2D eigenvalue weighted by Gasteiger charge is -2.38. The van der Waals surface area contributed by atoms with E-state index in [9.17, 15) is 14.4 Å². The summed E-state index contributed by atoms with van der Waals surface area (Å²) >= 11 is 1.44. The maximum absolute atomic E-state index is 12.7. The van der Waals surface area contributed by atoms with E-state index in [1.807, 2.05) is 19.1 Å². The van der Waals surface area contributed by atoms with Crippen molar-refractivity contribution in [1.29, 1.82) is 0 Å². The number of aryl methyl sites for hydroxylation is 1. The van der Waals surface area contributed by atoms with E-state index in [4.69, 9.17) is 11.5 Å². The average Bonchev–Trinajstić information content (AvgIpc) is 3.27. The van der Waals surface area contributed by atoms with Gasteiger partial charge in [0.25, 0.3) is 0 Å². The molecule has 1 aliphatic heterocycles. The summed E-state index contributed by atoms with van der Waals surface area (Å²) in [6, 6.07) is 3.28. The van der Waals surface area contributed by atoms with Gasteiger partial charge in [-0.05, 0) is 50.3 Å². The molecule has 2 aromatic heterocycles. The van der Waals surface area contributed by atoms with Crippen molar-refractivity contribution in [2.24, 2.45) is 11.5 Å². The van der Waals surface area contributed by atoms with Gasteiger partial charge in [0.2, 0.25) is 17.7 Å². The van der Waals surface area contributed by atoms with E-state index in [1.165, 1.54) is 11.3 Å². The van der Waals surface area contributed by atoms with Crippen LogP contribution in [0, 0.1) is 6.92 Å². The number of pyridine rings is 1. The van der Waals surface area contributed by atoms with Crippen molar-refractivity contribution in [1.82, 2.24) is 14.9 Å². The Morgan fingerprint density at radius 1 is 1.27 bits per heavy atom. The van der Waals surface area contributed by atoms with Gasteiger partial charge in [-0.3, -0.25) is 19.4 Å². The van der Waals surface area contributed by atoms with Gasteiger partial charge in [-0.25, -0.2) is 4.98 Å². The molecule has 0 unspecified atom stereocenters. The van der Waals surface area contributed by atoms with Gasteiger partial charge >= 0.3 is 0 Å². The second-order valence-corrected chi connectivity index (χ2v) is 9.16. The summed E-state index contributed by atoms with van der Waals surface area (Å²) in [6.07, 6.45) is 5.63. The van der Waals surface area contributed by atoms with Crippen molar-refractivity contribution in [2.75, 3.05) is 6.54 Å². The molecule has 2 aliphatic rings. The smallest absolute Gasteiger partial charge is 0.240 e. The summed E-state index contributed by atoms with van der Waals surface area (Å²) in [6.45, 7) is 2.45. The number of likely N-dealkylation sites (tertiary alicyclic amines) is 1. The Morgan fingerprint density at radius 2 is 2.03 bits per heavy atom. The second kappa shape index (κ2) is 7.79. The third kappa shape index (κ3) is 3.47. The molecule has 0 spiro atoms. The van der Waals surface area contributed by atoms with Gasteiger partial charge < -0.3 is 16.4 Å². The number of nitrogens with two attached hydrogens (primary N) is 2. The first kappa shape index (κ1) is 20.5. The number of aromatic nitrogens is 2. The topological polar surface area (TPSA) is 132 Å². The van der Waals surface area contributed by atoms with Crippen LogP contribution in [0.3, 0.4) is 0 Å². The number of thiazole rings is 1. The van der Waals surface area contributed by atoms with E-state index in [0.717, 1.165) is 41.8 Å². The largest absolute Gasteiger partial charge is 0.369 e. The molecule has 1 aliphatic carbocycles. The van der Waals surface area contributed by atoms with Crippen molar-refractivity contribution >= 4 is 29.1 Å². The molecule has 1 saturated carbocycles. The molecule has 3 heterocycles. The molecule has 2 aromatic rings.